The third-order valence-electron chi connectivity index (χ3n) is 2.60. The lowest BCUT2D eigenvalue weighted by Crippen LogP contribution is -2.52. The number of hydrogen-bond acceptors (Lipinski definition) is 3. The van der Waals surface area contributed by atoms with Crippen molar-refractivity contribution in [3.05, 3.63) is 0 Å². The molecule has 0 aromatic heterocycles. The maximum absolute atomic E-state index is 11.6. The van der Waals surface area contributed by atoms with E-state index in [1.165, 1.54) is 6.92 Å². The molecule has 1 amide bonds. The second-order valence-electron chi connectivity index (χ2n) is 5.47. The number of carboxylic acid groups (broad SMARTS) is 1. The Labute approximate surface area is 103 Å². The van der Waals surface area contributed by atoms with Crippen LogP contribution in [0, 0.1) is 0 Å². The summed E-state index contributed by atoms with van der Waals surface area (Å²) in [5.41, 5.74) is -1.21. The molecular weight excluding hydrogens is 220 g/mol. The molecular formula is C12H24N2O3. The zero-order valence-electron chi connectivity index (χ0n) is 11.4. The van der Waals surface area contributed by atoms with Gasteiger partial charge in [-0.25, -0.2) is 4.79 Å². The van der Waals surface area contributed by atoms with Crippen molar-refractivity contribution in [1.82, 2.24) is 10.6 Å². The van der Waals surface area contributed by atoms with Gasteiger partial charge in [0.1, 0.15) is 5.54 Å². The van der Waals surface area contributed by atoms with E-state index in [1.54, 1.807) is 6.92 Å². The first-order chi connectivity index (χ1) is 7.60. The van der Waals surface area contributed by atoms with Crippen LogP contribution < -0.4 is 10.6 Å². The third kappa shape index (κ3) is 6.26. The highest BCUT2D eigenvalue weighted by molar-refractivity contribution is 5.86. The summed E-state index contributed by atoms with van der Waals surface area (Å²) in [5, 5.41) is 14.7. The summed E-state index contributed by atoms with van der Waals surface area (Å²) in [5.74, 6) is -1.24. The molecule has 1 atom stereocenters. The number of nitrogens with one attached hydrogen (secondary N) is 2. The van der Waals surface area contributed by atoms with Gasteiger partial charge in [-0.1, -0.05) is 6.92 Å². The Morgan fingerprint density at radius 1 is 1.18 bits per heavy atom. The fourth-order valence-corrected chi connectivity index (χ4v) is 1.21. The smallest absolute Gasteiger partial charge is 0.329 e. The highest BCUT2D eigenvalue weighted by Crippen LogP contribution is 2.09. The van der Waals surface area contributed by atoms with E-state index in [0.717, 1.165) is 0 Å². The Hall–Kier alpha value is -1.10. The van der Waals surface area contributed by atoms with Crippen LogP contribution in [0.2, 0.25) is 0 Å². The molecule has 0 rings (SSSR count). The number of carboxylic acids is 1. The molecule has 0 bridgehead atoms. The normalized spacial score (nSPS) is 15.1. The molecule has 0 spiro atoms. The first-order valence-corrected chi connectivity index (χ1v) is 5.90. The highest BCUT2D eigenvalue weighted by Gasteiger charge is 2.32. The first-order valence-electron chi connectivity index (χ1n) is 5.90. The van der Waals surface area contributed by atoms with Crippen molar-refractivity contribution >= 4 is 11.9 Å². The fourth-order valence-electron chi connectivity index (χ4n) is 1.21. The van der Waals surface area contributed by atoms with Crippen LogP contribution in [0.5, 0.6) is 0 Å². The maximum atomic E-state index is 11.6. The largest absolute Gasteiger partial charge is 0.480 e. The number of carbonyl (C=O) groups is 2. The van der Waals surface area contributed by atoms with Crippen LogP contribution in [0.15, 0.2) is 0 Å². The Kier molecular flexibility index (Phi) is 5.61. The van der Waals surface area contributed by atoms with Gasteiger partial charge in [0.05, 0.1) is 0 Å². The highest BCUT2D eigenvalue weighted by atomic mass is 16.4. The first kappa shape index (κ1) is 15.9. The van der Waals surface area contributed by atoms with Gasteiger partial charge in [0.25, 0.3) is 0 Å². The predicted octanol–water partition coefficient (Wildman–Crippen LogP) is 1.13. The monoisotopic (exact) mass is 244 g/mol. The minimum atomic E-state index is -1.17. The van der Waals surface area contributed by atoms with Crippen molar-refractivity contribution < 1.29 is 14.7 Å². The topological polar surface area (TPSA) is 78.4 Å². The van der Waals surface area contributed by atoms with Gasteiger partial charge in [0.15, 0.2) is 0 Å². The Morgan fingerprint density at radius 3 is 2.06 bits per heavy atom. The lowest BCUT2D eigenvalue weighted by Gasteiger charge is -2.25. The van der Waals surface area contributed by atoms with Gasteiger partial charge >= 0.3 is 5.97 Å². The van der Waals surface area contributed by atoms with E-state index in [2.05, 4.69) is 10.6 Å². The molecule has 0 fully saturated rings. The average molecular weight is 244 g/mol. The molecule has 0 aromatic carbocycles. The number of amides is 1. The molecule has 17 heavy (non-hydrogen) atoms. The van der Waals surface area contributed by atoms with Gasteiger partial charge in [0.2, 0.25) is 5.91 Å². The SMILES string of the molecule is CCC(C)(NC(=O)CCNC(C)(C)C)C(=O)O. The van der Waals surface area contributed by atoms with Crippen LogP contribution in [0.4, 0.5) is 0 Å². The van der Waals surface area contributed by atoms with E-state index in [9.17, 15) is 9.59 Å². The molecule has 0 aliphatic carbocycles. The summed E-state index contributed by atoms with van der Waals surface area (Å²) in [7, 11) is 0. The number of hydrogen-bond donors (Lipinski definition) is 3. The van der Waals surface area contributed by atoms with Crippen molar-refractivity contribution in [2.75, 3.05) is 6.54 Å². The lowest BCUT2D eigenvalue weighted by molar-refractivity contribution is -0.147. The summed E-state index contributed by atoms with van der Waals surface area (Å²) in [6.45, 7) is 9.83. The van der Waals surface area contributed by atoms with Crippen molar-refractivity contribution in [3.63, 3.8) is 0 Å². The van der Waals surface area contributed by atoms with Crippen LogP contribution in [0.1, 0.15) is 47.5 Å². The zero-order chi connectivity index (χ0) is 13.7. The molecule has 5 heteroatoms. The van der Waals surface area contributed by atoms with Gasteiger partial charge in [-0.3, -0.25) is 4.79 Å². The molecule has 0 aliphatic heterocycles. The lowest BCUT2D eigenvalue weighted by atomic mass is 9.99. The van der Waals surface area contributed by atoms with Crippen LogP contribution in [-0.2, 0) is 9.59 Å². The predicted molar refractivity (Wildman–Crippen MR) is 66.8 cm³/mol. The Bertz CT molecular complexity index is 284. The quantitative estimate of drug-likeness (QED) is 0.654. The number of carbonyl (C=O) groups excluding carboxylic acids is 1. The van der Waals surface area contributed by atoms with E-state index in [-0.39, 0.29) is 17.9 Å². The Balaban J connectivity index is 4.14. The summed E-state index contributed by atoms with van der Waals surface area (Å²) in [6, 6.07) is 0. The molecule has 3 N–H and O–H groups in total. The van der Waals surface area contributed by atoms with E-state index in [0.29, 0.717) is 13.0 Å². The van der Waals surface area contributed by atoms with Gasteiger partial charge in [-0.05, 0) is 34.1 Å². The summed E-state index contributed by atoms with van der Waals surface area (Å²) < 4.78 is 0. The van der Waals surface area contributed by atoms with Crippen LogP contribution >= 0.6 is 0 Å². The van der Waals surface area contributed by atoms with Crippen molar-refractivity contribution in [2.24, 2.45) is 0 Å². The summed E-state index contributed by atoms with van der Waals surface area (Å²) in [4.78, 5) is 22.6. The van der Waals surface area contributed by atoms with Gasteiger partial charge in [0, 0.05) is 18.5 Å². The van der Waals surface area contributed by atoms with E-state index >= 15 is 0 Å². The van der Waals surface area contributed by atoms with Crippen LogP contribution in [0.25, 0.3) is 0 Å². The fraction of sp³-hybridized carbons (Fsp3) is 0.833. The Morgan fingerprint density at radius 2 is 1.71 bits per heavy atom. The van der Waals surface area contributed by atoms with Crippen molar-refractivity contribution in [3.8, 4) is 0 Å². The molecule has 0 aromatic rings. The second-order valence-corrected chi connectivity index (χ2v) is 5.47. The van der Waals surface area contributed by atoms with Gasteiger partial charge in [-0.15, -0.1) is 0 Å². The van der Waals surface area contributed by atoms with E-state index in [4.69, 9.17) is 5.11 Å². The van der Waals surface area contributed by atoms with Crippen molar-refractivity contribution in [1.29, 1.82) is 0 Å². The molecule has 0 aliphatic rings. The standard InChI is InChI=1S/C12H24N2O3/c1-6-12(5,10(16)17)14-9(15)7-8-13-11(2,3)4/h13H,6-8H2,1-5H3,(H,14,15)(H,16,17). The van der Waals surface area contributed by atoms with Gasteiger partial charge in [-0.2, -0.15) is 0 Å². The van der Waals surface area contributed by atoms with E-state index < -0.39 is 11.5 Å². The minimum Gasteiger partial charge on any atom is -0.480 e. The summed E-state index contributed by atoms with van der Waals surface area (Å²) in [6.07, 6.45) is 0.640. The van der Waals surface area contributed by atoms with Crippen LogP contribution in [0.3, 0.4) is 0 Å². The average Bonchev–Trinajstić information content (AvgIpc) is 2.15. The van der Waals surface area contributed by atoms with Crippen molar-refractivity contribution in [2.45, 2.75) is 58.5 Å². The molecule has 1 unspecified atom stereocenters. The third-order valence-corrected chi connectivity index (χ3v) is 2.60. The second kappa shape index (κ2) is 6.00. The zero-order valence-corrected chi connectivity index (χ0v) is 11.4. The summed E-state index contributed by atoms with van der Waals surface area (Å²) >= 11 is 0. The van der Waals surface area contributed by atoms with E-state index in [1.807, 2.05) is 20.8 Å². The maximum Gasteiger partial charge on any atom is 0.329 e. The minimum absolute atomic E-state index is 0.0405. The number of rotatable bonds is 6. The van der Waals surface area contributed by atoms with Gasteiger partial charge < -0.3 is 15.7 Å². The van der Waals surface area contributed by atoms with Crippen LogP contribution in [-0.4, -0.2) is 34.6 Å². The molecule has 0 radical (unpaired) electrons. The molecule has 0 saturated heterocycles. The molecule has 0 heterocycles. The molecule has 5 nitrogen and oxygen atoms in total. The number of aliphatic carboxylic acids is 1. The molecule has 0 saturated carbocycles. The molecule has 100 valence electrons.